The molecule has 0 saturated carbocycles. The highest BCUT2D eigenvalue weighted by atomic mass is 35.5. The Balaban J connectivity index is -0.000000125. The smallest absolute Gasteiger partial charge is 0.208 e. The molecular weight excluding hydrogens is 173 g/mol. The third-order valence-electron chi connectivity index (χ3n) is 0.371. The highest BCUT2D eigenvalue weighted by molar-refractivity contribution is 7.88. The normalized spacial score (nSPS) is 8.75. The zero-order chi connectivity index (χ0) is 5.21. The maximum Gasteiger partial charge on any atom is 0.208 e. The first-order valence-corrected chi connectivity index (χ1v) is 3.34. The van der Waals surface area contributed by atoms with E-state index in [1.54, 1.807) is 0 Å². The van der Waals surface area contributed by atoms with Crippen molar-refractivity contribution in [2.24, 2.45) is 0 Å². The van der Waals surface area contributed by atoms with Gasteiger partial charge in [-0.05, 0) is 7.05 Å². The van der Waals surface area contributed by atoms with E-state index in [9.17, 15) is 8.42 Å². The van der Waals surface area contributed by atoms with Gasteiger partial charge in [0.15, 0.2) is 0 Å². The lowest BCUT2D eigenvalue weighted by molar-refractivity contribution is 0.594. The zero-order valence-electron chi connectivity index (χ0n) is 4.54. The van der Waals surface area contributed by atoms with Crippen molar-refractivity contribution in [3.63, 3.8) is 0 Å². The molecule has 0 spiro atoms. The van der Waals surface area contributed by atoms with Gasteiger partial charge in [-0.2, -0.15) is 0 Å². The SMILES string of the molecule is CNS(C)(=O)=O.Cl.Cl. The van der Waals surface area contributed by atoms with E-state index in [0.29, 0.717) is 0 Å². The lowest BCUT2D eigenvalue weighted by Gasteiger charge is -1.85. The van der Waals surface area contributed by atoms with E-state index < -0.39 is 10.0 Å². The summed E-state index contributed by atoms with van der Waals surface area (Å²) in [6.45, 7) is 0. The Morgan fingerprint density at radius 1 is 1.25 bits per heavy atom. The van der Waals surface area contributed by atoms with Gasteiger partial charge >= 0.3 is 0 Å². The number of hydrogen-bond acceptors (Lipinski definition) is 2. The molecule has 0 aliphatic carbocycles. The molecule has 0 aromatic rings. The van der Waals surface area contributed by atoms with Crippen molar-refractivity contribution >= 4 is 34.8 Å². The molecule has 54 valence electrons. The average molecular weight is 182 g/mol. The summed E-state index contributed by atoms with van der Waals surface area (Å²) in [5.41, 5.74) is 0. The number of halogens is 2. The van der Waals surface area contributed by atoms with Crippen LogP contribution in [0.1, 0.15) is 0 Å². The van der Waals surface area contributed by atoms with Crippen molar-refractivity contribution in [3.8, 4) is 0 Å². The summed E-state index contributed by atoms with van der Waals surface area (Å²) >= 11 is 0. The third kappa shape index (κ3) is 16.1. The molecule has 6 heteroatoms. The van der Waals surface area contributed by atoms with Crippen LogP contribution in [0.15, 0.2) is 0 Å². The topological polar surface area (TPSA) is 46.2 Å². The van der Waals surface area contributed by atoms with Crippen LogP contribution in [0.25, 0.3) is 0 Å². The minimum absolute atomic E-state index is 0. The van der Waals surface area contributed by atoms with Crippen molar-refractivity contribution in [2.75, 3.05) is 13.3 Å². The highest BCUT2D eigenvalue weighted by Crippen LogP contribution is 1.62. The Kier molecular flexibility index (Phi) is 11.1. The number of rotatable bonds is 1. The lowest BCUT2D eigenvalue weighted by Crippen LogP contribution is -2.15. The Hall–Kier alpha value is 0.490. The van der Waals surface area contributed by atoms with E-state index in [1.165, 1.54) is 7.05 Å². The molecular formula is C2H9Cl2NO2S. The van der Waals surface area contributed by atoms with Gasteiger partial charge in [-0.15, -0.1) is 24.8 Å². The van der Waals surface area contributed by atoms with Crippen LogP contribution in [0.3, 0.4) is 0 Å². The van der Waals surface area contributed by atoms with Gasteiger partial charge in [0, 0.05) is 0 Å². The van der Waals surface area contributed by atoms with Crippen LogP contribution in [-0.4, -0.2) is 21.7 Å². The van der Waals surface area contributed by atoms with Crippen molar-refractivity contribution < 1.29 is 8.42 Å². The van der Waals surface area contributed by atoms with Crippen LogP contribution in [0.2, 0.25) is 0 Å². The molecule has 0 aromatic heterocycles. The number of nitrogens with one attached hydrogen (secondary N) is 1. The molecule has 0 saturated heterocycles. The van der Waals surface area contributed by atoms with Gasteiger partial charge in [0.05, 0.1) is 6.26 Å². The van der Waals surface area contributed by atoms with Crippen molar-refractivity contribution in [1.82, 2.24) is 4.72 Å². The van der Waals surface area contributed by atoms with E-state index in [4.69, 9.17) is 0 Å². The van der Waals surface area contributed by atoms with Gasteiger partial charge in [-0.25, -0.2) is 13.1 Å². The predicted molar refractivity (Wildman–Crippen MR) is 38.4 cm³/mol. The molecule has 1 N–H and O–H groups in total. The maximum absolute atomic E-state index is 9.89. The predicted octanol–water partition coefficient (Wildman–Crippen LogP) is 0.00900. The fourth-order valence-electron chi connectivity index (χ4n) is 0. The molecule has 3 nitrogen and oxygen atoms in total. The van der Waals surface area contributed by atoms with Crippen LogP contribution in [-0.2, 0) is 10.0 Å². The molecule has 0 aliphatic rings. The van der Waals surface area contributed by atoms with Gasteiger partial charge in [0.25, 0.3) is 0 Å². The lowest BCUT2D eigenvalue weighted by atomic mass is 11.6. The first kappa shape index (κ1) is 15.8. The van der Waals surface area contributed by atoms with Crippen molar-refractivity contribution in [2.45, 2.75) is 0 Å². The second kappa shape index (κ2) is 5.62. The quantitative estimate of drug-likeness (QED) is 0.620. The van der Waals surface area contributed by atoms with Gasteiger partial charge < -0.3 is 0 Å². The minimum atomic E-state index is -2.91. The van der Waals surface area contributed by atoms with Crippen LogP contribution >= 0.6 is 24.8 Å². The third-order valence-corrected chi connectivity index (χ3v) is 1.11. The van der Waals surface area contributed by atoms with E-state index >= 15 is 0 Å². The average Bonchev–Trinajstić information content (AvgIpc) is 1.35. The summed E-state index contributed by atoms with van der Waals surface area (Å²) in [6, 6.07) is 0. The van der Waals surface area contributed by atoms with Crippen LogP contribution in [0, 0.1) is 0 Å². The highest BCUT2D eigenvalue weighted by Gasteiger charge is 1.88. The first-order chi connectivity index (χ1) is 2.56. The summed E-state index contributed by atoms with van der Waals surface area (Å²) in [5.74, 6) is 0. The van der Waals surface area contributed by atoms with E-state index in [-0.39, 0.29) is 24.8 Å². The van der Waals surface area contributed by atoms with Crippen molar-refractivity contribution in [1.29, 1.82) is 0 Å². The van der Waals surface area contributed by atoms with Crippen molar-refractivity contribution in [3.05, 3.63) is 0 Å². The standard InChI is InChI=1S/C2H7NO2S.2ClH/c1-3-6(2,4)5;;/h3H,1-2H3;2*1H. The second-order valence-corrected chi connectivity index (χ2v) is 2.93. The Morgan fingerprint density at radius 2 is 1.38 bits per heavy atom. The molecule has 8 heavy (non-hydrogen) atoms. The Labute approximate surface area is 61.7 Å². The summed E-state index contributed by atoms with van der Waals surface area (Å²) in [7, 11) is -1.54. The molecule has 0 amide bonds. The largest absolute Gasteiger partial charge is 0.219 e. The van der Waals surface area contributed by atoms with E-state index in [1.807, 2.05) is 0 Å². The molecule has 0 heterocycles. The molecule has 0 radical (unpaired) electrons. The molecule has 0 rings (SSSR count). The monoisotopic (exact) mass is 181 g/mol. The van der Waals surface area contributed by atoms with Gasteiger partial charge in [-0.3, -0.25) is 0 Å². The van der Waals surface area contributed by atoms with Gasteiger partial charge in [0.1, 0.15) is 0 Å². The number of sulfonamides is 1. The molecule has 0 fully saturated rings. The summed E-state index contributed by atoms with van der Waals surface area (Å²) in [4.78, 5) is 0. The maximum atomic E-state index is 9.89. The fraction of sp³-hybridized carbons (Fsp3) is 1.00. The summed E-state index contributed by atoms with van der Waals surface area (Å²) < 4.78 is 21.9. The second-order valence-electron chi connectivity index (χ2n) is 0.976. The van der Waals surface area contributed by atoms with E-state index in [2.05, 4.69) is 4.72 Å². The first-order valence-electron chi connectivity index (χ1n) is 1.45. The zero-order valence-corrected chi connectivity index (χ0v) is 6.99. The van der Waals surface area contributed by atoms with Gasteiger partial charge in [0.2, 0.25) is 10.0 Å². The molecule has 0 atom stereocenters. The van der Waals surface area contributed by atoms with Gasteiger partial charge in [-0.1, -0.05) is 0 Å². The number of hydrogen-bond donors (Lipinski definition) is 1. The molecule has 0 aliphatic heterocycles. The van der Waals surface area contributed by atoms with Crippen LogP contribution in [0.5, 0.6) is 0 Å². The summed E-state index contributed by atoms with van der Waals surface area (Å²) in [6.07, 6.45) is 1.10. The molecule has 0 bridgehead atoms. The van der Waals surface area contributed by atoms with Crippen LogP contribution in [0.4, 0.5) is 0 Å². The Bertz CT molecular complexity index is 120. The van der Waals surface area contributed by atoms with Crippen LogP contribution < -0.4 is 4.72 Å². The minimum Gasteiger partial charge on any atom is -0.219 e. The molecule has 0 unspecified atom stereocenters. The van der Waals surface area contributed by atoms with E-state index in [0.717, 1.165) is 6.26 Å². The Morgan fingerprint density at radius 3 is 1.38 bits per heavy atom. The fourth-order valence-corrected chi connectivity index (χ4v) is 0. The summed E-state index contributed by atoms with van der Waals surface area (Å²) in [5, 5.41) is 0. The molecule has 0 aromatic carbocycles.